The van der Waals surface area contributed by atoms with E-state index in [0.29, 0.717) is 13.0 Å². The minimum atomic E-state index is -0.664. The highest BCUT2D eigenvalue weighted by molar-refractivity contribution is 5.82. The lowest BCUT2D eigenvalue weighted by Crippen LogP contribution is -2.38. The molecule has 0 radical (unpaired) electrons. The molecule has 1 amide bonds. The summed E-state index contributed by atoms with van der Waals surface area (Å²) in [5, 5.41) is 3.91. The zero-order chi connectivity index (χ0) is 8.55. The van der Waals surface area contributed by atoms with Crippen LogP contribution in [0.1, 0.15) is 12.8 Å². The number of fused-ring (bicyclic) bond motifs is 1. The van der Waals surface area contributed by atoms with Crippen molar-refractivity contribution in [2.45, 2.75) is 18.9 Å². The van der Waals surface area contributed by atoms with Crippen molar-refractivity contribution in [3.8, 4) is 0 Å². The third kappa shape index (κ3) is 1.00. The average molecular weight is 173 g/mol. The van der Waals surface area contributed by atoms with Gasteiger partial charge in [-0.25, -0.2) is 14.5 Å². The standard InChI is InChI=1S/C6H7NO5/c8-5-4-2-1-3-7(4)6(9)11-12-10-5/h4H,1-3H2/t4-/m0/s1. The van der Waals surface area contributed by atoms with E-state index in [2.05, 4.69) is 14.8 Å². The second-order valence-corrected chi connectivity index (χ2v) is 2.67. The molecular weight excluding hydrogens is 166 g/mol. The SMILES string of the molecule is O=C1OOOC(=O)N2CCC[C@@H]12. The maximum atomic E-state index is 11.0. The molecule has 2 fully saturated rings. The molecule has 0 aliphatic carbocycles. The minimum absolute atomic E-state index is 0.516. The number of nitrogens with zero attached hydrogens (tertiary/aromatic N) is 1. The molecular formula is C6H7NO5. The van der Waals surface area contributed by atoms with Gasteiger partial charge >= 0.3 is 12.1 Å². The summed E-state index contributed by atoms with van der Waals surface area (Å²) >= 11 is 0. The van der Waals surface area contributed by atoms with Gasteiger partial charge in [-0.2, -0.15) is 0 Å². The number of amides is 1. The molecule has 2 saturated heterocycles. The third-order valence-corrected chi connectivity index (χ3v) is 1.98. The molecule has 0 spiro atoms. The second-order valence-electron chi connectivity index (χ2n) is 2.67. The summed E-state index contributed by atoms with van der Waals surface area (Å²) in [7, 11) is 0. The number of hydrogen-bond donors (Lipinski definition) is 0. The number of carbonyl (C=O) groups excluding carboxylic acids is 2. The quantitative estimate of drug-likeness (QED) is 0.482. The molecule has 0 unspecified atom stereocenters. The van der Waals surface area contributed by atoms with Crippen molar-refractivity contribution in [3.63, 3.8) is 0 Å². The van der Waals surface area contributed by atoms with Gasteiger partial charge in [-0.15, -0.1) is 0 Å². The average Bonchev–Trinajstić information content (AvgIpc) is 2.47. The molecule has 12 heavy (non-hydrogen) atoms. The first kappa shape index (κ1) is 7.35. The van der Waals surface area contributed by atoms with E-state index in [1.807, 2.05) is 0 Å². The van der Waals surface area contributed by atoms with Crippen LogP contribution in [0.25, 0.3) is 0 Å². The lowest BCUT2D eigenvalue weighted by molar-refractivity contribution is -0.450. The highest BCUT2D eigenvalue weighted by Crippen LogP contribution is 2.21. The van der Waals surface area contributed by atoms with Crippen LogP contribution in [0, 0.1) is 0 Å². The summed E-state index contributed by atoms with van der Waals surface area (Å²) in [5.41, 5.74) is 0. The molecule has 1 atom stereocenters. The predicted octanol–water partition coefficient (Wildman–Crippen LogP) is -0.00920. The zero-order valence-corrected chi connectivity index (χ0v) is 6.19. The van der Waals surface area contributed by atoms with E-state index in [4.69, 9.17) is 0 Å². The fourth-order valence-corrected chi connectivity index (χ4v) is 1.41. The van der Waals surface area contributed by atoms with E-state index < -0.39 is 18.1 Å². The largest absolute Gasteiger partial charge is 0.446 e. The van der Waals surface area contributed by atoms with E-state index >= 15 is 0 Å². The molecule has 2 rings (SSSR count). The Kier molecular flexibility index (Phi) is 1.61. The number of carbonyl (C=O) groups is 2. The summed E-state index contributed by atoms with van der Waals surface area (Å²) in [6, 6.07) is -0.528. The molecule has 6 nitrogen and oxygen atoms in total. The summed E-state index contributed by atoms with van der Waals surface area (Å²) in [6.45, 7) is 0.516. The second kappa shape index (κ2) is 2.63. The van der Waals surface area contributed by atoms with Crippen LogP contribution in [0.3, 0.4) is 0 Å². The van der Waals surface area contributed by atoms with Gasteiger partial charge in [0.05, 0.1) is 0 Å². The van der Waals surface area contributed by atoms with Gasteiger partial charge in [0.2, 0.25) is 0 Å². The molecule has 0 aromatic rings. The van der Waals surface area contributed by atoms with Crippen LogP contribution in [-0.2, 0) is 19.6 Å². The Hall–Kier alpha value is -1.30. The van der Waals surface area contributed by atoms with Crippen LogP contribution in [0.2, 0.25) is 0 Å². The van der Waals surface area contributed by atoms with Gasteiger partial charge in [0.25, 0.3) is 0 Å². The van der Waals surface area contributed by atoms with Crippen LogP contribution in [0.4, 0.5) is 4.79 Å². The maximum Gasteiger partial charge on any atom is 0.446 e. The van der Waals surface area contributed by atoms with Crippen LogP contribution >= 0.6 is 0 Å². The maximum absolute atomic E-state index is 11.0. The molecule has 2 heterocycles. The third-order valence-electron chi connectivity index (χ3n) is 1.98. The molecule has 0 N–H and O–H groups in total. The van der Waals surface area contributed by atoms with Crippen molar-refractivity contribution in [2.75, 3.05) is 6.54 Å². The van der Waals surface area contributed by atoms with Crippen molar-refractivity contribution < 1.29 is 24.4 Å². The van der Waals surface area contributed by atoms with Crippen molar-refractivity contribution in [1.82, 2.24) is 4.90 Å². The Balaban J connectivity index is 2.20. The van der Waals surface area contributed by atoms with Crippen LogP contribution < -0.4 is 0 Å². The van der Waals surface area contributed by atoms with E-state index in [9.17, 15) is 9.59 Å². The normalized spacial score (nSPS) is 29.0. The zero-order valence-electron chi connectivity index (χ0n) is 6.19. The number of hydrogen-bond acceptors (Lipinski definition) is 5. The first-order valence-corrected chi connectivity index (χ1v) is 3.64. The van der Waals surface area contributed by atoms with Gasteiger partial charge in [0, 0.05) is 11.6 Å². The smallest absolute Gasteiger partial charge is 0.292 e. The monoisotopic (exact) mass is 173 g/mol. The van der Waals surface area contributed by atoms with Gasteiger partial charge in [-0.05, 0) is 12.8 Å². The van der Waals surface area contributed by atoms with Crippen LogP contribution in [0.5, 0.6) is 0 Å². The highest BCUT2D eigenvalue weighted by Gasteiger charge is 2.40. The first-order valence-electron chi connectivity index (χ1n) is 3.64. The number of rotatable bonds is 0. The molecule has 0 aromatic carbocycles. The fourth-order valence-electron chi connectivity index (χ4n) is 1.41. The Morgan fingerprint density at radius 3 is 3.00 bits per heavy atom. The molecule has 0 aromatic heterocycles. The Morgan fingerprint density at radius 1 is 1.33 bits per heavy atom. The Bertz CT molecular complexity index is 206. The summed E-state index contributed by atoms with van der Waals surface area (Å²) in [6.07, 6.45) is 0.731. The summed E-state index contributed by atoms with van der Waals surface area (Å²) in [4.78, 5) is 31.6. The summed E-state index contributed by atoms with van der Waals surface area (Å²) in [5.74, 6) is -0.571. The molecule has 66 valence electrons. The van der Waals surface area contributed by atoms with Crippen LogP contribution in [0.15, 0.2) is 0 Å². The van der Waals surface area contributed by atoms with Crippen LogP contribution in [-0.4, -0.2) is 29.5 Å². The molecule has 0 bridgehead atoms. The van der Waals surface area contributed by atoms with Crippen molar-refractivity contribution in [3.05, 3.63) is 0 Å². The fraction of sp³-hybridized carbons (Fsp3) is 0.667. The molecule has 0 saturated carbocycles. The first-order chi connectivity index (χ1) is 5.79. The van der Waals surface area contributed by atoms with E-state index in [-0.39, 0.29) is 0 Å². The Morgan fingerprint density at radius 2 is 2.17 bits per heavy atom. The topological polar surface area (TPSA) is 65.1 Å². The summed E-state index contributed by atoms with van der Waals surface area (Å²) < 4.78 is 0. The minimum Gasteiger partial charge on any atom is -0.292 e. The van der Waals surface area contributed by atoms with Crippen molar-refractivity contribution >= 4 is 12.1 Å². The van der Waals surface area contributed by atoms with E-state index in [1.165, 1.54) is 4.90 Å². The van der Waals surface area contributed by atoms with Gasteiger partial charge in [0.15, 0.2) is 0 Å². The lowest BCUT2D eigenvalue weighted by Gasteiger charge is -2.14. The van der Waals surface area contributed by atoms with Gasteiger partial charge < -0.3 is 0 Å². The van der Waals surface area contributed by atoms with E-state index in [0.717, 1.165) is 6.42 Å². The van der Waals surface area contributed by atoms with E-state index in [1.54, 1.807) is 0 Å². The molecule has 6 heteroatoms. The molecule has 2 aliphatic heterocycles. The predicted molar refractivity (Wildman–Crippen MR) is 33.4 cm³/mol. The van der Waals surface area contributed by atoms with Gasteiger partial charge in [0.1, 0.15) is 6.04 Å². The van der Waals surface area contributed by atoms with Gasteiger partial charge in [-0.1, -0.05) is 0 Å². The van der Waals surface area contributed by atoms with Crippen molar-refractivity contribution in [2.24, 2.45) is 0 Å². The van der Waals surface area contributed by atoms with Gasteiger partial charge in [-0.3, -0.25) is 9.79 Å². The molecule has 2 aliphatic rings. The lowest BCUT2D eigenvalue weighted by atomic mass is 10.2. The highest BCUT2D eigenvalue weighted by atomic mass is 17.5. The Labute approximate surface area is 67.8 Å². The van der Waals surface area contributed by atoms with Crippen molar-refractivity contribution in [1.29, 1.82) is 0 Å².